The van der Waals surface area contributed by atoms with Gasteiger partial charge < -0.3 is 23.9 Å². The number of benzene rings is 1. The highest BCUT2D eigenvalue weighted by Crippen LogP contribution is 2.31. The topological polar surface area (TPSA) is 118 Å². The number of piperazine rings is 1. The molecule has 1 saturated heterocycles. The molecular weight excluding hydrogens is 448 g/mol. The van der Waals surface area contributed by atoms with Crippen molar-refractivity contribution in [3.63, 3.8) is 0 Å². The van der Waals surface area contributed by atoms with Gasteiger partial charge in [-0.1, -0.05) is 12.1 Å². The number of furan rings is 1. The predicted molar refractivity (Wildman–Crippen MR) is 129 cm³/mol. The number of carbonyl (C=O) groups excluding carboxylic acids is 1. The number of fused-ring (bicyclic) bond motifs is 1. The lowest BCUT2D eigenvalue weighted by Gasteiger charge is -2.30. The van der Waals surface area contributed by atoms with Gasteiger partial charge in [0.05, 0.1) is 39.1 Å². The van der Waals surface area contributed by atoms with E-state index in [0.717, 1.165) is 18.7 Å². The molecule has 0 bridgehead atoms. The first-order valence-electron chi connectivity index (χ1n) is 11.3. The molecule has 1 aliphatic heterocycles. The number of nitriles is 1. The SMILES string of the molecule is COc1cccc(C(=O)Cn2cnc3c(C#N)c(N4CCNCC4)n(Cc4ccoc4)c3c2=O)c1. The average molecular weight is 473 g/mol. The van der Waals surface area contributed by atoms with E-state index < -0.39 is 0 Å². The maximum absolute atomic E-state index is 13.7. The predicted octanol–water partition coefficient (Wildman–Crippen LogP) is 2.01. The summed E-state index contributed by atoms with van der Waals surface area (Å²) in [6, 6.07) is 10.9. The third-order valence-electron chi connectivity index (χ3n) is 6.15. The monoisotopic (exact) mass is 472 g/mol. The Hall–Kier alpha value is -4.36. The van der Waals surface area contributed by atoms with E-state index in [1.54, 1.807) is 36.8 Å². The smallest absolute Gasteiger partial charge is 0.278 e. The minimum atomic E-state index is -0.382. The number of rotatable bonds is 7. The molecule has 10 heteroatoms. The fourth-order valence-electron chi connectivity index (χ4n) is 4.43. The van der Waals surface area contributed by atoms with Crippen molar-refractivity contribution in [1.82, 2.24) is 19.4 Å². The molecule has 5 rings (SSSR count). The standard InChI is InChI=1S/C25H24N6O4/c1-34-19-4-2-3-18(11-19)21(32)14-30-16-28-22-20(12-26)24(29-8-6-27-7-9-29)31(23(22)25(30)33)13-17-5-10-35-15-17/h2-5,10-11,15-16,27H,6-9,13-14H2,1H3. The number of Topliss-reactive ketones (excluding diaryl/α,β-unsaturated/α-hetero) is 1. The van der Waals surface area contributed by atoms with Crippen LogP contribution in [-0.2, 0) is 13.1 Å². The van der Waals surface area contributed by atoms with E-state index in [1.165, 1.54) is 18.0 Å². The zero-order valence-corrected chi connectivity index (χ0v) is 19.2. The molecule has 0 unspecified atom stereocenters. The summed E-state index contributed by atoms with van der Waals surface area (Å²) in [7, 11) is 1.53. The van der Waals surface area contributed by atoms with Crippen molar-refractivity contribution in [1.29, 1.82) is 5.26 Å². The van der Waals surface area contributed by atoms with Crippen molar-refractivity contribution in [2.45, 2.75) is 13.1 Å². The number of carbonyl (C=O) groups is 1. The lowest BCUT2D eigenvalue weighted by atomic mass is 10.1. The second-order valence-corrected chi connectivity index (χ2v) is 8.30. The third kappa shape index (κ3) is 4.18. The van der Waals surface area contributed by atoms with Crippen LogP contribution in [0.5, 0.6) is 5.75 Å². The molecule has 0 aliphatic carbocycles. The van der Waals surface area contributed by atoms with Crippen LogP contribution in [0.4, 0.5) is 5.82 Å². The van der Waals surface area contributed by atoms with Gasteiger partial charge >= 0.3 is 0 Å². The average Bonchev–Trinajstić information content (AvgIpc) is 3.52. The molecule has 0 saturated carbocycles. The zero-order valence-electron chi connectivity index (χ0n) is 19.2. The van der Waals surface area contributed by atoms with Crippen molar-refractivity contribution in [2.24, 2.45) is 0 Å². The summed E-state index contributed by atoms with van der Waals surface area (Å²) >= 11 is 0. The Morgan fingerprint density at radius 1 is 1.29 bits per heavy atom. The molecule has 10 nitrogen and oxygen atoms in total. The van der Waals surface area contributed by atoms with Gasteiger partial charge in [0.15, 0.2) is 5.78 Å². The van der Waals surface area contributed by atoms with Crippen molar-refractivity contribution < 1.29 is 13.9 Å². The van der Waals surface area contributed by atoms with Crippen molar-refractivity contribution >= 4 is 22.6 Å². The van der Waals surface area contributed by atoms with Crippen LogP contribution in [0.25, 0.3) is 11.0 Å². The van der Waals surface area contributed by atoms with Crippen LogP contribution in [0.2, 0.25) is 0 Å². The summed E-state index contributed by atoms with van der Waals surface area (Å²) in [6.07, 6.45) is 4.52. The first-order chi connectivity index (χ1) is 17.1. The van der Waals surface area contributed by atoms with Crippen LogP contribution in [0.3, 0.4) is 0 Å². The van der Waals surface area contributed by atoms with Gasteiger partial charge in [-0.15, -0.1) is 0 Å². The first-order valence-corrected chi connectivity index (χ1v) is 11.3. The van der Waals surface area contributed by atoms with Crippen molar-refractivity contribution in [2.75, 3.05) is 38.2 Å². The van der Waals surface area contributed by atoms with E-state index in [-0.39, 0.29) is 23.4 Å². The number of nitrogens with one attached hydrogen (secondary N) is 1. The Kier molecular flexibility index (Phi) is 6.08. The summed E-state index contributed by atoms with van der Waals surface area (Å²) in [4.78, 5) is 33.2. The van der Waals surface area contributed by atoms with Crippen LogP contribution in [-0.4, -0.2) is 53.2 Å². The van der Waals surface area contributed by atoms with Gasteiger partial charge in [0, 0.05) is 37.3 Å². The number of hydrogen-bond donors (Lipinski definition) is 1. The number of methoxy groups -OCH3 is 1. The molecule has 4 heterocycles. The van der Waals surface area contributed by atoms with Gasteiger partial charge in [0.1, 0.15) is 34.2 Å². The van der Waals surface area contributed by atoms with Crippen LogP contribution >= 0.6 is 0 Å². The number of hydrogen-bond acceptors (Lipinski definition) is 8. The summed E-state index contributed by atoms with van der Waals surface area (Å²) < 4.78 is 13.6. The molecule has 1 aliphatic rings. The van der Waals surface area contributed by atoms with E-state index in [9.17, 15) is 14.9 Å². The lowest BCUT2D eigenvalue weighted by molar-refractivity contribution is 0.0970. The molecule has 3 aromatic heterocycles. The van der Waals surface area contributed by atoms with Gasteiger partial charge in [-0.3, -0.25) is 14.2 Å². The van der Waals surface area contributed by atoms with Gasteiger partial charge in [0.25, 0.3) is 5.56 Å². The summed E-state index contributed by atoms with van der Waals surface area (Å²) in [5, 5.41) is 13.4. The molecule has 1 fully saturated rings. The fourth-order valence-corrected chi connectivity index (χ4v) is 4.43. The van der Waals surface area contributed by atoms with Gasteiger partial charge in [-0.25, -0.2) is 4.98 Å². The molecule has 4 aromatic rings. The van der Waals surface area contributed by atoms with Gasteiger partial charge in [-0.05, 0) is 18.2 Å². The minimum absolute atomic E-state index is 0.184. The molecule has 35 heavy (non-hydrogen) atoms. The third-order valence-corrected chi connectivity index (χ3v) is 6.15. The van der Waals surface area contributed by atoms with Crippen molar-refractivity contribution in [3.8, 4) is 11.8 Å². The molecule has 0 radical (unpaired) electrons. The fraction of sp³-hybridized carbons (Fsp3) is 0.280. The van der Waals surface area contributed by atoms with E-state index in [2.05, 4.69) is 21.3 Å². The molecular formula is C25H24N6O4. The Morgan fingerprint density at radius 2 is 2.11 bits per heavy atom. The zero-order chi connectivity index (χ0) is 24.4. The number of ether oxygens (including phenoxy) is 1. The van der Waals surface area contributed by atoms with E-state index in [4.69, 9.17) is 9.15 Å². The van der Waals surface area contributed by atoms with Crippen LogP contribution in [0.1, 0.15) is 21.5 Å². The summed E-state index contributed by atoms with van der Waals surface area (Å²) in [6.45, 7) is 3.07. The second kappa shape index (κ2) is 9.48. The lowest BCUT2D eigenvalue weighted by Crippen LogP contribution is -2.44. The van der Waals surface area contributed by atoms with Crippen molar-refractivity contribution in [3.05, 3.63) is 76.2 Å². The molecule has 0 spiro atoms. The molecule has 0 atom stereocenters. The summed E-state index contributed by atoms with van der Waals surface area (Å²) in [5.41, 5.74) is 1.88. The maximum Gasteiger partial charge on any atom is 0.278 e. The van der Waals surface area contributed by atoms with E-state index in [0.29, 0.717) is 47.8 Å². The highest BCUT2D eigenvalue weighted by molar-refractivity contribution is 5.96. The number of nitrogens with zero attached hydrogens (tertiary/aromatic N) is 5. The highest BCUT2D eigenvalue weighted by atomic mass is 16.5. The largest absolute Gasteiger partial charge is 0.497 e. The molecule has 0 amide bonds. The molecule has 1 aromatic carbocycles. The number of anilines is 1. The first kappa shape index (κ1) is 22.4. The Bertz CT molecular complexity index is 1470. The highest BCUT2D eigenvalue weighted by Gasteiger charge is 2.27. The Balaban J connectivity index is 1.63. The Morgan fingerprint density at radius 3 is 2.83 bits per heavy atom. The van der Waals surface area contributed by atoms with E-state index >= 15 is 0 Å². The minimum Gasteiger partial charge on any atom is -0.497 e. The van der Waals surface area contributed by atoms with Crippen LogP contribution in [0, 0.1) is 11.3 Å². The molecule has 1 N–H and O–H groups in total. The summed E-state index contributed by atoms with van der Waals surface area (Å²) in [5.74, 6) is 0.972. The van der Waals surface area contributed by atoms with Gasteiger partial charge in [0.2, 0.25) is 0 Å². The maximum atomic E-state index is 13.7. The Labute approximate surface area is 201 Å². The van der Waals surface area contributed by atoms with Crippen LogP contribution in [0.15, 0.2) is 58.4 Å². The number of ketones is 1. The second-order valence-electron chi connectivity index (χ2n) is 8.30. The van der Waals surface area contributed by atoms with Gasteiger partial charge in [-0.2, -0.15) is 5.26 Å². The molecule has 178 valence electrons. The number of aromatic nitrogens is 3. The normalized spacial score (nSPS) is 13.7. The van der Waals surface area contributed by atoms with Crippen LogP contribution < -0.4 is 20.5 Å². The quantitative estimate of drug-likeness (QED) is 0.406. The van der Waals surface area contributed by atoms with E-state index in [1.807, 2.05) is 10.6 Å².